The molecule has 17 heavy (non-hydrogen) atoms. The molecule has 2 aromatic rings. The molecule has 0 saturated heterocycles. The molecule has 1 aromatic heterocycles. The minimum Gasteiger partial charge on any atom is -0.323 e. The van der Waals surface area contributed by atoms with Gasteiger partial charge in [0.1, 0.15) is 0 Å². The van der Waals surface area contributed by atoms with E-state index >= 15 is 0 Å². The van der Waals surface area contributed by atoms with Gasteiger partial charge in [0.2, 0.25) is 0 Å². The summed E-state index contributed by atoms with van der Waals surface area (Å²) in [6.45, 7) is 4.12. The van der Waals surface area contributed by atoms with Gasteiger partial charge in [0.25, 0.3) is 0 Å². The van der Waals surface area contributed by atoms with E-state index < -0.39 is 0 Å². The van der Waals surface area contributed by atoms with Gasteiger partial charge in [-0.3, -0.25) is 10.8 Å². The molecule has 0 aliphatic carbocycles. The van der Waals surface area contributed by atoms with Crippen molar-refractivity contribution in [3.8, 4) is 0 Å². The van der Waals surface area contributed by atoms with Crippen LogP contribution >= 0.6 is 23.2 Å². The van der Waals surface area contributed by atoms with Crippen LogP contribution in [0.4, 0.5) is 5.69 Å². The highest BCUT2D eigenvalue weighted by molar-refractivity contribution is 6.45. The number of nitrogens with zero attached hydrogens (tertiary/aromatic N) is 1. The summed E-state index contributed by atoms with van der Waals surface area (Å²) in [6, 6.07) is 5.52. The van der Waals surface area contributed by atoms with Crippen LogP contribution in [0.3, 0.4) is 0 Å². The van der Waals surface area contributed by atoms with E-state index in [4.69, 9.17) is 29.0 Å². The third-order valence-corrected chi connectivity index (χ3v) is 3.43. The number of aromatic nitrogens is 1. The van der Waals surface area contributed by atoms with E-state index in [0.29, 0.717) is 21.5 Å². The Bertz CT molecular complexity index is 567. The smallest absolute Gasteiger partial charge is 0.0928 e. The maximum Gasteiger partial charge on any atom is 0.0928 e. The molecule has 0 unspecified atom stereocenters. The molecule has 0 radical (unpaired) electrons. The standard InChI is InChI=1S/C12H13Cl2N3/c1-6(2)9-5-10(17-15)7-3-4-8(13)11(14)12(7)16-9/h3-6H,15H2,1-2H3,(H,16,17). The molecular weight excluding hydrogens is 257 g/mol. The first-order valence-electron chi connectivity index (χ1n) is 5.30. The third kappa shape index (κ3) is 2.18. The Morgan fingerprint density at radius 2 is 2.00 bits per heavy atom. The molecule has 0 fully saturated rings. The summed E-state index contributed by atoms with van der Waals surface area (Å²) in [4.78, 5) is 4.53. The number of hydrazine groups is 1. The van der Waals surface area contributed by atoms with Crippen LogP contribution in [0.25, 0.3) is 10.9 Å². The van der Waals surface area contributed by atoms with E-state index in [1.54, 1.807) is 6.07 Å². The number of benzene rings is 1. The predicted octanol–water partition coefficient (Wildman–Crippen LogP) is 3.95. The van der Waals surface area contributed by atoms with Crippen molar-refractivity contribution in [1.82, 2.24) is 4.98 Å². The lowest BCUT2D eigenvalue weighted by Gasteiger charge is -2.12. The van der Waals surface area contributed by atoms with Crippen LogP contribution in [-0.2, 0) is 0 Å². The van der Waals surface area contributed by atoms with Crippen molar-refractivity contribution in [1.29, 1.82) is 0 Å². The summed E-state index contributed by atoms with van der Waals surface area (Å²) < 4.78 is 0. The van der Waals surface area contributed by atoms with Gasteiger partial charge in [-0.1, -0.05) is 37.0 Å². The average Bonchev–Trinajstić information content (AvgIpc) is 2.32. The van der Waals surface area contributed by atoms with Gasteiger partial charge in [-0.15, -0.1) is 0 Å². The predicted molar refractivity (Wildman–Crippen MR) is 73.7 cm³/mol. The molecule has 3 nitrogen and oxygen atoms in total. The van der Waals surface area contributed by atoms with Crippen LogP contribution in [0.2, 0.25) is 10.0 Å². The van der Waals surface area contributed by atoms with Gasteiger partial charge < -0.3 is 5.43 Å². The number of hydrogen-bond acceptors (Lipinski definition) is 3. The van der Waals surface area contributed by atoms with E-state index in [0.717, 1.165) is 16.8 Å². The summed E-state index contributed by atoms with van der Waals surface area (Å²) in [5.41, 5.74) is 5.08. The number of anilines is 1. The van der Waals surface area contributed by atoms with Crippen LogP contribution in [0.1, 0.15) is 25.5 Å². The molecule has 2 rings (SSSR count). The van der Waals surface area contributed by atoms with Crippen molar-refractivity contribution >= 4 is 39.8 Å². The molecule has 1 heterocycles. The Kier molecular flexibility index (Phi) is 3.43. The van der Waals surface area contributed by atoms with Gasteiger partial charge in [-0.05, 0) is 24.1 Å². The fraction of sp³-hybridized carbons (Fsp3) is 0.250. The summed E-state index contributed by atoms with van der Waals surface area (Å²) >= 11 is 12.2. The van der Waals surface area contributed by atoms with Crippen molar-refractivity contribution in [2.45, 2.75) is 19.8 Å². The van der Waals surface area contributed by atoms with Gasteiger partial charge in [0.05, 0.1) is 21.2 Å². The molecule has 3 N–H and O–H groups in total. The fourth-order valence-corrected chi connectivity index (χ4v) is 2.03. The summed E-state index contributed by atoms with van der Waals surface area (Å²) in [5, 5.41) is 1.82. The second-order valence-electron chi connectivity index (χ2n) is 4.15. The van der Waals surface area contributed by atoms with Gasteiger partial charge in [-0.25, -0.2) is 0 Å². The number of nitrogens with one attached hydrogen (secondary N) is 1. The van der Waals surface area contributed by atoms with E-state index in [9.17, 15) is 0 Å². The number of pyridine rings is 1. The van der Waals surface area contributed by atoms with Crippen molar-refractivity contribution in [2.24, 2.45) is 5.84 Å². The first kappa shape index (κ1) is 12.4. The maximum absolute atomic E-state index is 6.17. The van der Waals surface area contributed by atoms with E-state index in [1.165, 1.54) is 0 Å². The molecule has 5 heteroatoms. The molecule has 0 aliphatic heterocycles. The lowest BCUT2D eigenvalue weighted by molar-refractivity contribution is 0.830. The van der Waals surface area contributed by atoms with Crippen molar-refractivity contribution in [3.63, 3.8) is 0 Å². The van der Waals surface area contributed by atoms with E-state index in [1.807, 2.05) is 12.1 Å². The highest BCUT2D eigenvalue weighted by Crippen LogP contribution is 2.34. The molecule has 0 atom stereocenters. The first-order chi connectivity index (χ1) is 8.04. The Hall–Kier alpha value is -1.03. The molecule has 0 spiro atoms. The quantitative estimate of drug-likeness (QED) is 0.641. The topological polar surface area (TPSA) is 50.9 Å². The highest BCUT2D eigenvalue weighted by Gasteiger charge is 2.12. The second kappa shape index (κ2) is 4.69. The molecule has 90 valence electrons. The average molecular weight is 270 g/mol. The number of rotatable bonds is 2. The van der Waals surface area contributed by atoms with E-state index in [2.05, 4.69) is 24.3 Å². The number of nitrogens with two attached hydrogens (primary N) is 1. The molecule has 0 bridgehead atoms. The molecule has 0 aliphatic rings. The maximum atomic E-state index is 6.17. The van der Waals surface area contributed by atoms with Crippen LogP contribution in [-0.4, -0.2) is 4.98 Å². The van der Waals surface area contributed by atoms with Crippen molar-refractivity contribution in [2.75, 3.05) is 5.43 Å². The SMILES string of the molecule is CC(C)c1cc(NN)c2ccc(Cl)c(Cl)c2n1. The second-order valence-corrected chi connectivity index (χ2v) is 4.94. The zero-order chi connectivity index (χ0) is 12.6. The van der Waals surface area contributed by atoms with Crippen molar-refractivity contribution in [3.05, 3.63) is 33.9 Å². The Morgan fingerprint density at radius 3 is 2.59 bits per heavy atom. The molecule has 1 aromatic carbocycles. The number of hydrogen-bond donors (Lipinski definition) is 2. The molecular formula is C12H13Cl2N3. The van der Waals surface area contributed by atoms with Crippen LogP contribution in [0, 0.1) is 0 Å². The third-order valence-electron chi connectivity index (χ3n) is 2.64. The number of halogens is 2. The summed E-state index contributed by atoms with van der Waals surface area (Å²) in [6.07, 6.45) is 0. The van der Waals surface area contributed by atoms with Crippen LogP contribution in [0.15, 0.2) is 18.2 Å². The minimum atomic E-state index is 0.293. The monoisotopic (exact) mass is 269 g/mol. The largest absolute Gasteiger partial charge is 0.323 e. The highest BCUT2D eigenvalue weighted by atomic mass is 35.5. The summed E-state index contributed by atoms with van der Waals surface area (Å²) in [5.74, 6) is 5.81. The van der Waals surface area contributed by atoms with E-state index in [-0.39, 0.29) is 0 Å². The lowest BCUT2D eigenvalue weighted by Crippen LogP contribution is -2.09. The normalized spacial score (nSPS) is 11.2. The molecule has 0 amide bonds. The van der Waals surface area contributed by atoms with Crippen LogP contribution in [0.5, 0.6) is 0 Å². The fourth-order valence-electron chi connectivity index (χ4n) is 1.67. The Balaban J connectivity index is 2.83. The Morgan fingerprint density at radius 1 is 1.29 bits per heavy atom. The van der Waals surface area contributed by atoms with Gasteiger partial charge in [0.15, 0.2) is 0 Å². The first-order valence-corrected chi connectivity index (χ1v) is 6.05. The zero-order valence-corrected chi connectivity index (χ0v) is 11.1. The van der Waals surface area contributed by atoms with Crippen molar-refractivity contribution < 1.29 is 0 Å². The Labute approximate surface area is 110 Å². The van der Waals surface area contributed by atoms with Gasteiger partial charge in [0, 0.05) is 11.1 Å². The lowest BCUT2D eigenvalue weighted by atomic mass is 10.1. The minimum absolute atomic E-state index is 0.293. The number of nitrogen functional groups attached to an aromatic ring is 1. The summed E-state index contributed by atoms with van der Waals surface area (Å²) in [7, 11) is 0. The molecule has 0 saturated carbocycles. The van der Waals surface area contributed by atoms with Gasteiger partial charge >= 0.3 is 0 Å². The van der Waals surface area contributed by atoms with Gasteiger partial charge in [-0.2, -0.15) is 0 Å². The number of fused-ring (bicyclic) bond motifs is 1. The van der Waals surface area contributed by atoms with Crippen LogP contribution < -0.4 is 11.3 Å². The zero-order valence-electron chi connectivity index (χ0n) is 9.59.